The highest BCUT2D eigenvalue weighted by Gasteiger charge is 2.30. The molecule has 1 atom stereocenters. The quantitative estimate of drug-likeness (QED) is 0.869. The van der Waals surface area contributed by atoms with Gasteiger partial charge in [-0.3, -0.25) is 4.90 Å². The Morgan fingerprint density at radius 1 is 1.18 bits per heavy atom. The molecule has 0 spiro atoms. The van der Waals surface area contributed by atoms with Crippen LogP contribution in [0.1, 0.15) is 48.6 Å². The molecule has 22 heavy (non-hydrogen) atoms. The summed E-state index contributed by atoms with van der Waals surface area (Å²) in [6, 6.07) is 10.5. The number of rotatable bonds is 4. The number of hydrogen-bond donors (Lipinski definition) is 0. The SMILES string of the molecule is c1ccc(CN2CCO[C@H](c3noc(C4CCC4)n3)C2)cc1. The second-order valence-corrected chi connectivity index (χ2v) is 6.20. The number of nitrogens with zero attached hydrogens (tertiary/aromatic N) is 3. The van der Waals surface area contributed by atoms with E-state index in [2.05, 4.69) is 39.3 Å². The molecular weight excluding hydrogens is 278 g/mol. The maximum absolute atomic E-state index is 5.85. The van der Waals surface area contributed by atoms with Gasteiger partial charge in [0.25, 0.3) is 0 Å². The zero-order chi connectivity index (χ0) is 14.8. The summed E-state index contributed by atoms with van der Waals surface area (Å²) in [5.41, 5.74) is 1.33. The molecule has 1 aromatic carbocycles. The first-order chi connectivity index (χ1) is 10.9. The molecule has 2 heterocycles. The van der Waals surface area contributed by atoms with E-state index in [9.17, 15) is 0 Å². The summed E-state index contributed by atoms with van der Waals surface area (Å²) in [6.07, 6.45) is 3.54. The van der Waals surface area contributed by atoms with Gasteiger partial charge < -0.3 is 9.26 Å². The Labute approximate surface area is 130 Å². The fraction of sp³-hybridized carbons (Fsp3) is 0.529. The third-order valence-electron chi connectivity index (χ3n) is 4.60. The van der Waals surface area contributed by atoms with Gasteiger partial charge in [0, 0.05) is 25.6 Å². The zero-order valence-corrected chi connectivity index (χ0v) is 12.6. The first-order valence-electron chi connectivity index (χ1n) is 8.10. The Kier molecular flexibility index (Phi) is 3.91. The van der Waals surface area contributed by atoms with Crippen LogP contribution in [0.15, 0.2) is 34.9 Å². The smallest absolute Gasteiger partial charge is 0.229 e. The number of ether oxygens (including phenoxy) is 1. The van der Waals surface area contributed by atoms with Crippen LogP contribution >= 0.6 is 0 Å². The largest absolute Gasteiger partial charge is 0.367 e. The number of morpholine rings is 1. The standard InChI is InChI=1S/C17H21N3O2/c1-2-5-13(6-3-1)11-20-9-10-21-15(12-20)16-18-17(22-19-16)14-7-4-8-14/h1-3,5-6,14-15H,4,7-12H2/t15-/m0/s1. The first kappa shape index (κ1) is 13.9. The van der Waals surface area contributed by atoms with Crippen LogP contribution in [0.5, 0.6) is 0 Å². The molecular formula is C17H21N3O2. The van der Waals surface area contributed by atoms with Crippen molar-refractivity contribution in [3.05, 3.63) is 47.6 Å². The lowest BCUT2D eigenvalue weighted by Crippen LogP contribution is -2.38. The van der Waals surface area contributed by atoms with Crippen LogP contribution in [0, 0.1) is 0 Å². The van der Waals surface area contributed by atoms with E-state index in [-0.39, 0.29) is 6.10 Å². The molecule has 1 saturated heterocycles. The third-order valence-corrected chi connectivity index (χ3v) is 4.60. The Bertz CT molecular complexity index is 609. The summed E-state index contributed by atoms with van der Waals surface area (Å²) in [5, 5.41) is 4.15. The van der Waals surface area contributed by atoms with Gasteiger partial charge in [-0.05, 0) is 18.4 Å². The van der Waals surface area contributed by atoms with Gasteiger partial charge in [-0.1, -0.05) is 41.9 Å². The first-order valence-corrected chi connectivity index (χ1v) is 8.10. The molecule has 4 rings (SSSR count). The van der Waals surface area contributed by atoms with Crippen LogP contribution in [0.25, 0.3) is 0 Å². The van der Waals surface area contributed by atoms with Crippen molar-refractivity contribution in [2.24, 2.45) is 0 Å². The highest BCUT2D eigenvalue weighted by atomic mass is 16.5. The molecule has 0 bridgehead atoms. The predicted molar refractivity (Wildman–Crippen MR) is 81.3 cm³/mol. The molecule has 116 valence electrons. The monoisotopic (exact) mass is 299 g/mol. The van der Waals surface area contributed by atoms with Crippen LogP contribution in [0.4, 0.5) is 0 Å². The second-order valence-electron chi connectivity index (χ2n) is 6.20. The van der Waals surface area contributed by atoms with Gasteiger partial charge in [-0.15, -0.1) is 0 Å². The highest BCUT2D eigenvalue weighted by molar-refractivity contribution is 5.14. The lowest BCUT2D eigenvalue weighted by Gasteiger charge is -2.31. The van der Waals surface area contributed by atoms with Gasteiger partial charge in [0.2, 0.25) is 11.7 Å². The van der Waals surface area contributed by atoms with E-state index in [4.69, 9.17) is 9.26 Å². The molecule has 5 nitrogen and oxygen atoms in total. The van der Waals surface area contributed by atoms with E-state index >= 15 is 0 Å². The van der Waals surface area contributed by atoms with Gasteiger partial charge in [0.05, 0.1) is 6.61 Å². The molecule has 1 aliphatic carbocycles. The van der Waals surface area contributed by atoms with E-state index in [1.165, 1.54) is 24.8 Å². The van der Waals surface area contributed by atoms with Crippen molar-refractivity contribution in [2.75, 3.05) is 19.7 Å². The number of hydrogen-bond acceptors (Lipinski definition) is 5. The lowest BCUT2D eigenvalue weighted by molar-refractivity contribution is -0.0380. The molecule has 2 fully saturated rings. The second kappa shape index (κ2) is 6.18. The Hall–Kier alpha value is -1.72. The van der Waals surface area contributed by atoms with E-state index in [1.54, 1.807) is 0 Å². The molecule has 2 aliphatic rings. The molecule has 0 amide bonds. The highest BCUT2D eigenvalue weighted by Crippen LogP contribution is 2.35. The zero-order valence-electron chi connectivity index (χ0n) is 12.6. The number of benzene rings is 1. The average Bonchev–Trinajstić information content (AvgIpc) is 2.96. The summed E-state index contributed by atoms with van der Waals surface area (Å²) in [5.74, 6) is 1.98. The van der Waals surface area contributed by atoms with Crippen molar-refractivity contribution in [2.45, 2.75) is 37.8 Å². The molecule has 1 aliphatic heterocycles. The van der Waals surface area contributed by atoms with Crippen molar-refractivity contribution >= 4 is 0 Å². The Balaban J connectivity index is 1.41. The minimum atomic E-state index is -0.0740. The van der Waals surface area contributed by atoms with Crippen LogP contribution in [-0.2, 0) is 11.3 Å². The van der Waals surface area contributed by atoms with E-state index < -0.39 is 0 Å². The van der Waals surface area contributed by atoms with Gasteiger partial charge in [0.15, 0.2) is 0 Å². The minimum absolute atomic E-state index is 0.0740. The Morgan fingerprint density at radius 3 is 2.82 bits per heavy atom. The normalized spacial score (nSPS) is 23.4. The Morgan fingerprint density at radius 2 is 2.05 bits per heavy atom. The summed E-state index contributed by atoms with van der Waals surface area (Å²) >= 11 is 0. The molecule has 2 aromatic rings. The molecule has 5 heteroatoms. The van der Waals surface area contributed by atoms with Crippen molar-refractivity contribution in [3.8, 4) is 0 Å². The molecule has 0 radical (unpaired) electrons. The average molecular weight is 299 g/mol. The van der Waals surface area contributed by atoms with Crippen molar-refractivity contribution in [1.29, 1.82) is 0 Å². The molecule has 1 saturated carbocycles. The van der Waals surface area contributed by atoms with Crippen molar-refractivity contribution in [3.63, 3.8) is 0 Å². The summed E-state index contributed by atoms with van der Waals surface area (Å²) in [4.78, 5) is 6.96. The van der Waals surface area contributed by atoms with Gasteiger partial charge in [-0.2, -0.15) is 4.98 Å². The lowest BCUT2D eigenvalue weighted by atomic mass is 9.85. The molecule has 0 N–H and O–H groups in total. The van der Waals surface area contributed by atoms with Crippen LogP contribution in [-0.4, -0.2) is 34.7 Å². The summed E-state index contributed by atoms with van der Waals surface area (Å²) in [6.45, 7) is 3.41. The van der Waals surface area contributed by atoms with Crippen LogP contribution < -0.4 is 0 Å². The maximum Gasteiger partial charge on any atom is 0.229 e. The summed E-state index contributed by atoms with van der Waals surface area (Å²) in [7, 11) is 0. The molecule has 1 aromatic heterocycles. The fourth-order valence-electron chi connectivity index (χ4n) is 3.04. The van der Waals surface area contributed by atoms with Crippen molar-refractivity contribution < 1.29 is 9.26 Å². The maximum atomic E-state index is 5.85. The topological polar surface area (TPSA) is 51.4 Å². The van der Waals surface area contributed by atoms with Crippen molar-refractivity contribution in [1.82, 2.24) is 15.0 Å². The van der Waals surface area contributed by atoms with Crippen LogP contribution in [0.3, 0.4) is 0 Å². The minimum Gasteiger partial charge on any atom is -0.367 e. The van der Waals surface area contributed by atoms with Crippen LogP contribution in [0.2, 0.25) is 0 Å². The predicted octanol–water partition coefficient (Wildman–Crippen LogP) is 2.91. The third kappa shape index (κ3) is 2.91. The van der Waals surface area contributed by atoms with E-state index in [1.807, 2.05) is 6.07 Å². The summed E-state index contributed by atoms with van der Waals surface area (Å²) < 4.78 is 11.3. The van der Waals surface area contributed by atoms with Gasteiger partial charge >= 0.3 is 0 Å². The van der Waals surface area contributed by atoms with E-state index in [0.717, 1.165) is 25.5 Å². The van der Waals surface area contributed by atoms with Gasteiger partial charge in [0.1, 0.15) is 6.10 Å². The number of aromatic nitrogens is 2. The van der Waals surface area contributed by atoms with Gasteiger partial charge in [-0.25, -0.2) is 0 Å². The molecule has 0 unspecified atom stereocenters. The fourth-order valence-corrected chi connectivity index (χ4v) is 3.04. The van der Waals surface area contributed by atoms with E-state index in [0.29, 0.717) is 18.3 Å².